The number of likely N-dealkylation sites (tertiary alicyclic amines) is 1. The van der Waals surface area contributed by atoms with E-state index in [1.54, 1.807) is 0 Å². The molecule has 108 valence electrons. The molecule has 1 saturated heterocycles. The number of hydrogen-bond acceptors (Lipinski definition) is 1. The Morgan fingerprint density at radius 3 is 2.90 bits per heavy atom. The standard InChI is InChI=1S/C18H21N3/c1-19-14-5-6-18-16(10-14)17(11-20-18)15-9-13(15)12-21-7-3-2-4-8-21/h5-6,10-11,13,15,20H,2-4,7-9,12H2. The number of piperidine rings is 1. The van der Waals surface area contributed by atoms with Gasteiger partial charge in [0.05, 0.1) is 6.57 Å². The van der Waals surface area contributed by atoms with Crippen LogP contribution in [0.4, 0.5) is 5.69 Å². The Hall–Kier alpha value is -1.79. The highest BCUT2D eigenvalue weighted by Gasteiger charge is 2.40. The lowest BCUT2D eigenvalue weighted by Crippen LogP contribution is -2.31. The van der Waals surface area contributed by atoms with Crippen LogP contribution in [0.15, 0.2) is 24.4 Å². The van der Waals surface area contributed by atoms with Crippen LogP contribution in [-0.2, 0) is 0 Å². The molecular formula is C18H21N3. The fourth-order valence-electron chi connectivity index (χ4n) is 3.81. The lowest BCUT2D eigenvalue weighted by atomic mass is 10.1. The molecule has 3 nitrogen and oxygen atoms in total. The SMILES string of the molecule is [C-]#[N+]c1ccc2[nH]cc(C3CC3CN3CCCCC3)c2c1. The number of aromatic nitrogens is 1. The molecule has 2 unspecified atom stereocenters. The van der Waals surface area contributed by atoms with Gasteiger partial charge in [0, 0.05) is 18.3 Å². The zero-order valence-corrected chi connectivity index (χ0v) is 12.3. The number of nitrogens with one attached hydrogen (secondary N) is 1. The van der Waals surface area contributed by atoms with Gasteiger partial charge in [-0.1, -0.05) is 12.5 Å². The molecule has 1 aromatic heterocycles. The summed E-state index contributed by atoms with van der Waals surface area (Å²) in [5, 5.41) is 1.26. The van der Waals surface area contributed by atoms with Crippen LogP contribution >= 0.6 is 0 Å². The molecule has 0 bridgehead atoms. The molecule has 2 aliphatic rings. The van der Waals surface area contributed by atoms with Crippen LogP contribution in [0.3, 0.4) is 0 Å². The molecule has 2 fully saturated rings. The summed E-state index contributed by atoms with van der Waals surface area (Å²) in [6.45, 7) is 11.0. The van der Waals surface area contributed by atoms with Gasteiger partial charge in [0.15, 0.2) is 5.69 Å². The van der Waals surface area contributed by atoms with Crippen LogP contribution in [0, 0.1) is 12.5 Å². The van der Waals surface area contributed by atoms with Crippen molar-refractivity contribution in [3.05, 3.63) is 41.4 Å². The van der Waals surface area contributed by atoms with Crippen molar-refractivity contribution < 1.29 is 0 Å². The fourth-order valence-corrected chi connectivity index (χ4v) is 3.81. The maximum Gasteiger partial charge on any atom is 0.187 e. The molecule has 2 aromatic rings. The molecule has 0 radical (unpaired) electrons. The van der Waals surface area contributed by atoms with E-state index in [0.717, 1.165) is 11.6 Å². The lowest BCUT2D eigenvalue weighted by Gasteiger charge is -2.26. The van der Waals surface area contributed by atoms with E-state index in [-0.39, 0.29) is 0 Å². The highest BCUT2D eigenvalue weighted by Crippen LogP contribution is 2.50. The number of hydrogen-bond donors (Lipinski definition) is 1. The summed E-state index contributed by atoms with van der Waals surface area (Å²) in [5.74, 6) is 1.51. The number of nitrogens with zero attached hydrogens (tertiary/aromatic N) is 2. The molecule has 3 heteroatoms. The van der Waals surface area contributed by atoms with E-state index in [1.807, 2.05) is 18.2 Å². The van der Waals surface area contributed by atoms with Gasteiger partial charge in [-0.3, -0.25) is 0 Å². The number of aromatic amines is 1. The second-order valence-electron chi connectivity index (χ2n) is 6.55. The summed E-state index contributed by atoms with van der Waals surface area (Å²) < 4.78 is 0. The zero-order chi connectivity index (χ0) is 14.2. The Bertz CT molecular complexity index is 688. The first-order valence-corrected chi connectivity index (χ1v) is 8.06. The monoisotopic (exact) mass is 279 g/mol. The normalized spacial score (nSPS) is 25.9. The van der Waals surface area contributed by atoms with E-state index >= 15 is 0 Å². The molecule has 2 heterocycles. The highest BCUT2D eigenvalue weighted by molar-refractivity contribution is 5.87. The van der Waals surface area contributed by atoms with Gasteiger partial charge < -0.3 is 9.88 Å². The lowest BCUT2D eigenvalue weighted by molar-refractivity contribution is 0.219. The zero-order valence-electron chi connectivity index (χ0n) is 12.3. The minimum atomic E-state index is 0.696. The van der Waals surface area contributed by atoms with E-state index in [2.05, 4.69) is 20.9 Å². The average molecular weight is 279 g/mol. The topological polar surface area (TPSA) is 23.4 Å². The van der Waals surface area contributed by atoms with E-state index in [0.29, 0.717) is 5.92 Å². The van der Waals surface area contributed by atoms with Crippen LogP contribution in [0.2, 0.25) is 0 Å². The molecular weight excluding hydrogens is 258 g/mol. The van der Waals surface area contributed by atoms with E-state index in [4.69, 9.17) is 6.57 Å². The minimum absolute atomic E-state index is 0.696. The Morgan fingerprint density at radius 2 is 2.10 bits per heavy atom. The molecule has 1 N–H and O–H groups in total. The molecule has 1 aliphatic carbocycles. The third-order valence-corrected chi connectivity index (χ3v) is 5.09. The van der Waals surface area contributed by atoms with Crippen molar-refractivity contribution in [2.75, 3.05) is 19.6 Å². The summed E-state index contributed by atoms with van der Waals surface area (Å²) in [7, 11) is 0. The molecule has 4 rings (SSSR count). The molecule has 1 aliphatic heterocycles. The van der Waals surface area contributed by atoms with Crippen molar-refractivity contribution in [3.63, 3.8) is 0 Å². The highest BCUT2D eigenvalue weighted by atomic mass is 15.1. The van der Waals surface area contributed by atoms with E-state index in [1.165, 1.54) is 61.8 Å². The fraction of sp³-hybridized carbons (Fsp3) is 0.500. The summed E-state index contributed by atoms with van der Waals surface area (Å²) in [6, 6.07) is 5.98. The molecule has 1 saturated carbocycles. The first-order chi connectivity index (χ1) is 10.3. The maximum atomic E-state index is 7.18. The summed E-state index contributed by atoms with van der Waals surface area (Å²) in [4.78, 5) is 9.58. The second-order valence-corrected chi connectivity index (χ2v) is 6.55. The molecule has 1 aromatic carbocycles. The van der Waals surface area contributed by atoms with Gasteiger partial charge in [-0.25, -0.2) is 4.85 Å². The smallest absolute Gasteiger partial charge is 0.187 e. The van der Waals surface area contributed by atoms with E-state index < -0.39 is 0 Å². The Morgan fingerprint density at radius 1 is 1.24 bits per heavy atom. The van der Waals surface area contributed by atoms with Crippen molar-refractivity contribution in [3.8, 4) is 0 Å². The predicted octanol–water partition coefficient (Wildman–Crippen LogP) is 4.31. The van der Waals surface area contributed by atoms with Gasteiger partial charge in [-0.05, 0) is 67.3 Å². The van der Waals surface area contributed by atoms with Crippen molar-refractivity contribution in [1.82, 2.24) is 9.88 Å². The summed E-state index contributed by atoms with van der Waals surface area (Å²) >= 11 is 0. The third kappa shape index (κ3) is 2.45. The predicted molar refractivity (Wildman–Crippen MR) is 85.7 cm³/mol. The first-order valence-electron chi connectivity index (χ1n) is 8.06. The molecule has 2 atom stereocenters. The van der Waals surface area contributed by atoms with Crippen LogP contribution in [0.1, 0.15) is 37.2 Å². The van der Waals surface area contributed by atoms with Crippen LogP contribution in [0.25, 0.3) is 15.7 Å². The Balaban J connectivity index is 1.51. The molecule has 21 heavy (non-hydrogen) atoms. The van der Waals surface area contributed by atoms with Gasteiger partial charge in [0.25, 0.3) is 0 Å². The Kier molecular flexibility index (Phi) is 3.20. The van der Waals surface area contributed by atoms with Gasteiger partial charge in [0.1, 0.15) is 0 Å². The average Bonchev–Trinajstić information content (AvgIpc) is 3.15. The van der Waals surface area contributed by atoms with Crippen LogP contribution < -0.4 is 0 Å². The number of fused-ring (bicyclic) bond motifs is 1. The van der Waals surface area contributed by atoms with Crippen LogP contribution in [0.5, 0.6) is 0 Å². The quantitative estimate of drug-likeness (QED) is 0.832. The Labute approximate surface area is 125 Å². The van der Waals surface area contributed by atoms with Gasteiger partial charge in [0.2, 0.25) is 0 Å². The van der Waals surface area contributed by atoms with Gasteiger partial charge in [-0.15, -0.1) is 0 Å². The third-order valence-electron chi connectivity index (χ3n) is 5.09. The number of rotatable bonds is 3. The number of benzene rings is 1. The van der Waals surface area contributed by atoms with Crippen molar-refractivity contribution in [2.45, 2.75) is 31.6 Å². The van der Waals surface area contributed by atoms with Crippen molar-refractivity contribution >= 4 is 16.6 Å². The molecule has 0 amide bonds. The summed E-state index contributed by atoms with van der Waals surface area (Å²) in [6.07, 6.45) is 7.63. The van der Waals surface area contributed by atoms with Gasteiger partial charge >= 0.3 is 0 Å². The minimum Gasteiger partial charge on any atom is -0.361 e. The van der Waals surface area contributed by atoms with Crippen molar-refractivity contribution in [1.29, 1.82) is 0 Å². The van der Waals surface area contributed by atoms with E-state index in [9.17, 15) is 0 Å². The van der Waals surface area contributed by atoms with Crippen LogP contribution in [-0.4, -0.2) is 29.5 Å². The number of H-pyrrole nitrogens is 1. The largest absolute Gasteiger partial charge is 0.361 e. The maximum absolute atomic E-state index is 7.18. The first kappa shape index (κ1) is 12.9. The van der Waals surface area contributed by atoms with Gasteiger partial charge in [-0.2, -0.15) is 0 Å². The van der Waals surface area contributed by atoms with Crippen molar-refractivity contribution in [2.24, 2.45) is 5.92 Å². The summed E-state index contributed by atoms with van der Waals surface area (Å²) in [5.41, 5.74) is 3.34. The molecule has 0 spiro atoms. The second kappa shape index (κ2) is 5.20.